The first-order valence-electron chi connectivity index (χ1n) is 4.60. The second-order valence-corrected chi connectivity index (χ2v) is 3.07. The summed E-state index contributed by atoms with van der Waals surface area (Å²) >= 11 is 0. The molecule has 0 spiro atoms. The highest BCUT2D eigenvalue weighted by atomic mass is 15.2. The molecule has 0 unspecified atom stereocenters. The molecule has 1 rings (SSSR count). The van der Waals surface area contributed by atoms with Crippen molar-refractivity contribution in [3.05, 3.63) is 0 Å². The summed E-state index contributed by atoms with van der Waals surface area (Å²) in [6.45, 7) is 7.56. The van der Waals surface area contributed by atoms with E-state index >= 15 is 0 Å². The van der Waals surface area contributed by atoms with Crippen LogP contribution in [0.5, 0.6) is 0 Å². The molecule has 1 aliphatic heterocycles. The normalized spacial score (nSPS) is 20.5. The molecule has 0 aromatic heterocycles. The van der Waals surface area contributed by atoms with Crippen LogP contribution in [0.1, 0.15) is 33.1 Å². The maximum absolute atomic E-state index is 4.39. The fraction of sp³-hybridized carbons (Fsp3) is 0.889. The highest BCUT2D eigenvalue weighted by Crippen LogP contribution is 2.08. The van der Waals surface area contributed by atoms with Gasteiger partial charge in [0, 0.05) is 19.6 Å². The van der Waals surface area contributed by atoms with Crippen LogP contribution in [-0.2, 0) is 0 Å². The average Bonchev–Trinajstić information content (AvgIpc) is 2.07. The van der Waals surface area contributed by atoms with E-state index in [1.807, 2.05) is 0 Å². The molecule has 1 aliphatic rings. The Balaban J connectivity index is 2.38. The highest BCUT2D eigenvalue weighted by molar-refractivity contribution is 5.79. The van der Waals surface area contributed by atoms with E-state index in [4.69, 9.17) is 0 Å². The minimum Gasteiger partial charge on any atom is -0.361 e. The Labute approximate surface area is 69.3 Å². The first kappa shape index (κ1) is 8.57. The minimum absolute atomic E-state index is 0.919. The fourth-order valence-corrected chi connectivity index (χ4v) is 1.55. The van der Waals surface area contributed by atoms with E-state index in [1.54, 1.807) is 0 Å². The molecule has 0 N–H and O–H groups in total. The van der Waals surface area contributed by atoms with E-state index in [9.17, 15) is 0 Å². The molecule has 0 bridgehead atoms. The molecule has 0 saturated carbocycles. The summed E-state index contributed by atoms with van der Waals surface area (Å²) in [5, 5.41) is 0. The second kappa shape index (κ2) is 4.37. The van der Waals surface area contributed by atoms with Gasteiger partial charge in [0.1, 0.15) is 0 Å². The third-order valence-electron chi connectivity index (χ3n) is 2.20. The number of hydrogen-bond acceptors (Lipinski definition) is 1. The summed E-state index contributed by atoms with van der Waals surface area (Å²) in [7, 11) is 0. The zero-order chi connectivity index (χ0) is 8.10. The molecule has 11 heavy (non-hydrogen) atoms. The van der Waals surface area contributed by atoms with Gasteiger partial charge in [-0.1, -0.05) is 0 Å². The van der Waals surface area contributed by atoms with Crippen molar-refractivity contribution in [1.29, 1.82) is 0 Å². The maximum atomic E-state index is 4.39. The number of amidine groups is 1. The van der Waals surface area contributed by atoms with Crippen molar-refractivity contribution < 1.29 is 0 Å². The predicted octanol–water partition coefficient (Wildman–Crippen LogP) is 1.91. The van der Waals surface area contributed by atoms with Gasteiger partial charge in [-0.25, -0.2) is 0 Å². The van der Waals surface area contributed by atoms with Gasteiger partial charge in [0.15, 0.2) is 0 Å². The van der Waals surface area contributed by atoms with E-state index in [1.165, 1.54) is 38.2 Å². The molecule has 0 radical (unpaired) electrons. The summed E-state index contributed by atoms with van der Waals surface area (Å²) in [6.07, 6.45) is 4.09. The summed E-state index contributed by atoms with van der Waals surface area (Å²) in [6, 6.07) is 0. The van der Waals surface area contributed by atoms with Crippen molar-refractivity contribution in [2.45, 2.75) is 33.1 Å². The first-order valence-corrected chi connectivity index (χ1v) is 4.60. The lowest BCUT2D eigenvalue weighted by molar-refractivity contribution is 0.340. The van der Waals surface area contributed by atoms with Gasteiger partial charge in [0.25, 0.3) is 0 Å². The summed E-state index contributed by atoms with van der Waals surface area (Å²) in [5.41, 5.74) is 0. The minimum atomic E-state index is 0.919. The average molecular weight is 154 g/mol. The Morgan fingerprint density at radius 2 is 1.91 bits per heavy atom. The van der Waals surface area contributed by atoms with Crippen LogP contribution in [0.3, 0.4) is 0 Å². The van der Waals surface area contributed by atoms with Gasteiger partial charge in [-0.3, -0.25) is 4.99 Å². The number of likely N-dealkylation sites (tertiary alicyclic amines) is 1. The summed E-state index contributed by atoms with van der Waals surface area (Å²) in [5.74, 6) is 1.23. The Morgan fingerprint density at radius 3 is 2.45 bits per heavy atom. The standard InChI is InChI=1S/C9H18N2/c1-3-10-9(2)11-7-5-4-6-8-11/h3-8H2,1-2H3. The quantitative estimate of drug-likeness (QED) is 0.416. The maximum Gasteiger partial charge on any atom is 0.0957 e. The van der Waals surface area contributed by atoms with Crippen molar-refractivity contribution in [2.24, 2.45) is 4.99 Å². The van der Waals surface area contributed by atoms with Gasteiger partial charge in [0.05, 0.1) is 5.84 Å². The largest absolute Gasteiger partial charge is 0.361 e. The third kappa shape index (κ3) is 2.52. The van der Waals surface area contributed by atoms with Crippen molar-refractivity contribution >= 4 is 5.84 Å². The van der Waals surface area contributed by atoms with Gasteiger partial charge in [0.2, 0.25) is 0 Å². The van der Waals surface area contributed by atoms with Gasteiger partial charge in [-0.2, -0.15) is 0 Å². The Morgan fingerprint density at radius 1 is 1.27 bits per heavy atom. The molecule has 1 saturated heterocycles. The molecule has 1 fully saturated rings. The molecular formula is C9H18N2. The van der Waals surface area contributed by atoms with Crippen molar-refractivity contribution in [3.8, 4) is 0 Å². The molecule has 1 heterocycles. The van der Waals surface area contributed by atoms with Crippen LogP contribution in [0.15, 0.2) is 4.99 Å². The Bertz CT molecular complexity index is 134. The Hall–Kier alpha value is -0.530. The number of aliphatic imine (C=N–C) groups is 1. The van der Waals surface area contributed by atoms with E-state index < -0.39 is 0 Å². The smallest absolute Gasteiger partial charge is 0.0957 e. The molecule has 0 aromatic rings. The highest BCUT2D eigenvalue weighted by Gasteiger charge is 2.09. The summed E-state index contributed by atoms with van der Waals surface area (Å²) < 4.78 is 0. The molecule has 0 aliphatic carbocycles. The molecule has 0 aromatic carbocycles. The molecule has 64 valence electrons. The van der Waals surface area contributed by atoms with Crippen LogP contribution in [-0.4, -0.2) is 30.4 Å². The van der Waals surface area contributed by atoms with Gasteiger partial charge >= 0.3 is 0 Å². The first-order chi connectivity index (χ1) is 5.34. The monoisotopic (exact) mass is 154 g/mol. The van der Waals surface area contributed by atoms with Crippen LogP contribution in [0.2, 0.25) is 0 Å². The van der Waals surface area contributed by atoms with Crippen molar-refractivity contribution in [3.63, 3.8) is 0 Å². The van der Waals surface area contributed by atoms with Crippen molar-refractivity contribution in [2.75, 3.05) is 19.6 Å². The lowest BCUT2D eigenvalue weighted by Crippen LogP contribution is -2.34. The lowest BCUT2D eigenvalue weighted by Gasteiger charge is -2.28. The van der Waals surface area contributed by atoms with Gasteiger partial charge in [-0.05, 0) is 33.1 Å². The van der Waals surface area contributed by atoms with E-state index in [0.717, 1.165) is 6.54 Å². The van der Waals surface area contributed by atoms with Gasteiger partial charge in [-0.15, -0.1) is 0 Å². The number of rotatable bonds is 1. The number of hydrogen-bond donors (Lipinski definition) is 0. The zero-order valence-electron chi connectivity index (χ0n) is 7.64. The second-order valence-electron chi connectivity index (χ2n) is 3.07. The topological polar surface area (TPSA) is 15.6 Å². The van der Waals surface area contributed by atoms with E-state index in [0.29, 0.717) is 0 Å². The van der Waals surface area contributed by atoms with Gasteiger partial charge < -0.3 is 4.90 Å². The van der Waals surface area contributed by atoms with Crippen LogP contribution in [0, 0.1) is 0 Å². The Kier molecular flexibility index (Phi) is 3.40. The number of piperidine rings is 1. The summed E-state index contributed by atoms with van der Waals surface area (Å²) in [4.78, 5) is 6.79. The van der Waals surface area contributed by atoms with Crippen LogP contribution >= 0.6 is 0 Å². The van der Waals surface area contributed by atoms with Crippen molar-refractivity contribution in [1.82, 2.24) is 4.90 Å². The van der Waals surface area contributed by atoms with Crippen LogP contribution < -0.4 is 0 Å². The van der Waals surface area contributed by atoms with Crippen LogP contribution in [0.4, 0.5) is 0 Å². The third-order valence-corrected chi connectivity index (χ3v) is 2.20. The number of nitrogens with zero attached hydrogens (tertiary/aromatic N) is 2. The fourth-order valence-electron chi connectivity index (χ4n) is 1.55. The molecule has 2 heteroatoms. The lowest BCUT2D eigenvalue weighted by atomic mass is 10.1. The zero-order valence-corrected chi connectivity index (χ0v) is 7.64. The molecule has 0 amide bonds. The molecular weight excluding hydrogens is 136 g/mol. The molecule has 0 atom stereocenters. The van der Waals surface area contributed by atoms with E-state index in [2.05, 4.69) is 23.7 Å². The molecule has 2 nitrogen and oxygen atoms in total. The van der Waals surface area contributed by atoms with E-state index in [-0.39, 0.29) is 0 Å². The van der Waals surface area contributed by atoms with Crippen LogP contribution in [0.25, 0.3) is 0 Å². The SMILES string of the molecule is CCN=C(C)N1CCCCC1. The predicted molar refractivity (Wildman–Crippen MR) is 49.1 cm³/mol.